The number of nitrogens with zero attached hydrogens (tertiary/aromatic N) is 2. The van der Waals surface area contributed by atoms with Crippen molar-refractivity contribution in [2.75, 3.05) is 25.9 Å². The van der Waals surface area contributed by atoms with Gasteiger partial charge in [-0.3, -0.25) is 9.69 Å². The number of likely N-dealkylation sites (N-methyl/N-ethyl adjacent to an activating group) is 1. The van der Waals surface area contributed by atoms with Crippen LogP contribution in [0.1, 0.15) is 44.1 Å². The van der Waals surface area contributed by atoms with E-state index in [0.717, 1.165) is 12.0 Å². The first kappa shape index (κ1) is 18.8. The van der Waals surface area contributed by atoms with Crippen molar-refractivity contribution < 1.29 is 4.79 Å². The zero-order valence-corrected chi connectivity index (χ0v) is 16.3. The Bertz CT molecular complexity index is 631. The first-order valence-electron chi connectivity index (χ1n) is 9.20. The molecule has 1 saturated carbocycles. The molecule has 4 nitrogen and oxygen atoms in total. The molecule has 1 aliphatic heterocycles. The first-order valence-corrected chi connectivity index (χ1v) is 9.96. The molecule has 2 fully saturated rings. The summed E-state index contributed by atoms with van der Waals surface area (Å²) in [5, 5.41) is 0.860. The average molecular weight is 384 g/mol. The number of amides is 1. The van der Waals surface area contributed by atoms with Gasteiger partial charge in [-0.15, -0.1) is 0 Å². The van der Waals surface area contributed by atoms with Gasteiger partial charge in [0.25, 0.3) is 0 Å². The Morgan fingerprint density at radius 1 is 1.16 bits per heavy atom. The first-order chi connectivity index (χ1) is 12.0. The number of hydrogen-bond donors (Lipinski definition) is 1. The second-order valence-corrected chi connectivity index (χ2v) is 8.12. The summed E-state index contributed by atoms with van der Waals surface area (Å²) in [4.78, 5) is 17.4. The van der Waals surface area contributed by atoms with Crippen LogP contribution in [0, 0.1) is 0 Å². The molecule has 2 N–H and O–H groups in total. The van der Waals surface area contributed by atoms with E-state index in [2.05, 4.69) is 4.90 Å². The Kier molecular flexibility index (Phi) is 6.13. The molecule has 1 aromatic carbocycles. The summed E-state index contributed by atoms with van der Waals surface area (Å²) >= 11 is 12.1. The van der Waals surface area contributed by atoms with E-state index in [0.29, 0.717) is 27.8 Å². The summed E-state index contributed by atoms with van der Waals surface area (Å²) in [6.45, 7) is 2.34. The Balaban J connectivity index is 1.71. The molecule has 0 bridgehead atoms. The molecule has 6 heteroatoms. The van der Waals surface area contributed by atoms with Gasteiger partial charge in [0.1, 0.15) is 0 Å². The number of nitrogens with two attached hydrogens (primary N) is 1. The van der Waals surface area contributed by atoms with Gasteiger partial charge in [-0.2, -0.15) is 0 Å². The standard InChI is InChI=1S/C19H27Cl2N3O/c1-23(17-6-2-3-7-18(17)24-8-4-5-9-24)19(25)11-13-10-14(20)15(21)12-16(13)22/h10,12,17-18H,2-9,11,22H2,1H3/t17-,18-/m0/s1. The molecular weight excluding hydrogens is 357 g/mol. The van der Waals surface area contributed by atoms with E-state index in [1.807, 2.05) is 11.9 Å². The fourth-order valence-electron chi connectivity index (χ4n) is 4.27. The average Bonchev–Trinajstić information content (AvgIpc) is 3.13. The molecular formula is C19H27Cl2N3O. The van der Waals surface area contributed by atoms with Gasteiger partial charge in [-0.1, -0.05) is 36.0 Å². The van der Waals surface area contributed by atoms with E-state index in [-0.39, 0.29) is 12.3 Å². The van der Waals surface area contributed by atoms with Crippen LogP contribution in [0.5, 0.6) is 0 Å². The minimum Gasteiger partial charge on any atom is -0.398 e. The van der Waals surface area contributed by atoms with Crippen LogP contribution in [-0.4, -0.2) is 47.9 Å². The van der Waals surface area contributed by atoms with Crippen LogP contribution < -0.4 is 5.73 Å². The van der Waals surface area contributed by atoms with Crippen molar-refractivity contribution in [3.63, 3.8) is 0 Å². The normalized spacial score (nSPS) is 24.4. The molecule has 2 atom stereocenters. The molecule has 1 heterocycles. The summed E-state index contributed by atoms with van der Waals surface area (Å²) < 4.78 is 0. The highest BCUT2D eigenvalue weighted by atomic mass is 35.5. The van der Waals surface area contributed by atoms with Crippen LogP contribution in [0.4, 0.5) is 5.69 Å². The van der Waals surface area contributed by atoms with Gasteiger partial charge >= 0.3 is 0 Å². The van der Waals surface area contributed by atoms with E-state index in [4.69, 9.17) is 28.9 Å². The van der Waals surface area contributed by atoms with E-state index < -0.39 is 0 Å². The van der Waals surface area contributed by atoms with Crippen LogP contribution in [0.15, 0.2) is 12.1 Å². The van der Waals surface area contributed by atoms with Crippen LogP contribution in [0.2, 0.25) is 10.0 Å². The lowest BCUT2D eigenvalue weighted by Gasteiger charge is -2.42. The molecule has 3 rings (SSSR count). The number of likely N-dealkylation sites (tertiary alicyclic amines) is 1. The Hall–Kier alpha value is -0.970. The minimum absolute atomic E-state index is 0.0983. The largest absolute Gasteiger partial charge is 0.398 e. The summed E-state index contributed by atoms with van der Waals surface area (Å²) in [6, 6.07) is 4.13. The number of nitrogen functional groups attached to an aromatic ring is 1. The van der Waals surface area contributed by atoms with Crippen molar-refractivity contribution in [3.05, 3.63) is 27.7 Å². The smallest absolute Gasteiger partial charge is 0.227 e. The van der Waals surface area contributed by atoms with Gasteiger partial charge in [0, 0.05) is 24.8 Å². The summed E-state index contributed by atoms with van der Waals surface area (Å²) in [6.07, 6.45) is 7.56. The van der Waals surface area contributed by atoms with Gasteiger partial charge in [-0.05, 0) is 56.5 Å². The highest BCUT2D eigenvalue weighted by Gasteiger charge is 2.35. The Morgan fingerprint density at radius 2 is 1.80 bits per heavy atom. The third-order valence-electron chi connectivity index (χ3n) is 5.72. The Morgan fingerprint density at radius 3 is 2.52 bits per heavy atom. The molecule has 0 aromatic heterocycles. The van der Waals surface area contributed by atoms with Crippen molar-refractivity contribution in [2.45, 2.75) is 57.0 Å². The van der Waals surface area contributed by atoms with E-state index >= 15 is 0 Å². The molecule has 1 amide bonds. The topological polar surface area (TPSA) is 49.6 Å². The highest BCUT2D eigenvalue weighted by Crippen LogP contribution is 2.31. The summed E-state index contributed by atoms with van der Waals surface area (Å²) in [5.41, 5.74) is 7.30. The van der Waals surface area contributed by atoms with Crippen molar-refractivity contribution >= 4 is 34.8 Å². The van der Waals surface area contributed by atoms with Gasteiger partial charge < -0.3 is 10.6 Å². The molecule has 0 spiro atoms. The molecule has 1 saturated heterocycles. The Labute approximate surface area is 160 Å². The lowest BCUT2D eigenvalue weighted by Crippen LogP contribution is -2.53. The third kappa shape index (κ3) is 4.24. The number of anilines is 1. The molecule has 0 radical (unpaired) electrons. The maximum Gasteiger partial charge on any atom is 0.227 e. The maximum absolute atomic E-state index is 12.9. The fourth-order valence-corrected chi connectivity index (χ4v) is 4.63. The number of hydrogen-bond acceptors (Lipinski definition) is 3. The van der Waals surface area contributed by atoms with Crippen LogP contribution in [0.3, 0.4) is 0 Å². The minimum atomic E-state index is 0.0983. The molecule has 25 heavy (non-hydrogen) atoms. The second-order valence-electron chi connectivity index (χ2n) is 7.31. The molecule has 0 unspecified atom stereocenters. The summed E-state index contributed by atoms with van der Waals surface area (Å²) in [7, 11) is 1.94. The van der Waals surface area contributed by atoms with Gasteiger partial charge in [0.15, 0.2) is 0 Å². The van der Waals surface area contributed by atoms with Crippen LogP contribution >= 0.6 is 23.2 Å². The van der Waals surface area contributed by atoms with Gasteiger partial charge in [0.2, 0.25) is 5.91 Å². The highest BCUT2D eigenvalue weighted by molar-refractivity contribution is 6.42. The van der Waals surface area contributed by atoms with Gasteiger partial charge in [0.05, 0.1) is 16.5 Å². The number of carbonyl (C=O) groups excluding carboxylic acids is 1. The zero-order chi connectivity index (χ0) is 18.0. The van der Waals surface area contributed by atoms with Crippen molar-refractivity contribution in [1.29, 1.82) is 0 Å². The quantitative estimate of drug-likeness (QED) is 0.799. The van der Waals surface area contributed by atoms with Crippen LogP contribution in [0.25, 0.3) is 0 Å². The molecule has 1 aromatic rings. The molecule has 1 aliphatic carbocycles. The van der Waals surface area contributed by atoms with E-state index in [1.54, 1.807) is 12.1 Å². The lowest BCUT2D eigenvalue weighted by molar-refractivity contribution is -0.133. The van der Waals surface area contributed by atoms with E-state index in [9.17, 15) is 4.79 Å². The number of rotatable bonds is 4. The predicted octanol–water partition coefficient (Wildman–Crippen LogP) is 3.98. The fraction of sp³-hybridized carbons (Fsp3) is 0.632. The van der Waals surface area contributed by atoms with Gasteiger partial charge in [-0.25, -0.2) is 0 Å². The van der Waals surface area contributed by atoms with Crippen LogP contribution in [-0.2, 0) is 11.2 Å². The van der Waals surface area contributed by atoms with Crippen molar-refractivity contribution in [2.24, 2.45) is 0 Å². The number of benzene rings is 1. The predicted molar refractivity (Wildman–Crippen MR) is 104 cm³/mol. The number of carbonyl (C=O) groups is 1. The second kappa shape index (κ2) is 8.15. The van der Waals surface area contributed by atoms with Crippen molar-refractivity contribution in [1.82, 2.24) is 9.80 Å². The summed E-state index contributed by atoms with van der Waals surface area (Å²) in [5.74, 6) is 0.0983. The van der Waals surface area contributed by atoms with E-state index in [1.165, 1.54) is 45.2 Å². The van der Waals surface area contributed by atoms with Crippen molar-refractivity contribution in [3.8, 4) is 0 Å². The SMILES string of the molecule is CN(C(=O)Cc1cc(Cl)c(Cl)cc1N)[C@H]1CCCC[C@@H]1N1CCCC1. The third-order valence-corrected chi connectivity index (χ3v) is 6.44. The lowest BCUT2D eigenvalue weighted by atomic mass is 9.88. The monoisotopic (exact) mass is 383 g/mol. The maximum atomic E-state index is 12.9. The molecule has 2 aliphatic rings. The number of halogens is 2. The zero-order valence-electron chi connectivity index (χ0n) is 14.8. The molecule has 138 valence electrons.